The minimum absolute atomic E-state index is 0.199. The lowest BCUT2D eigenvalue weighted by Crippen LogP contribution is -2.32. The molecule has 0 radical (unpaired) electrons. The maximum Gasteiger partial charge on any atom is 0.307 e. The molecule has 6 nitrogen and oxygen atoms in total. The Morgan fingerprint density at radius 2 is 2.10 bits per heavy atom. The van der Waals surface area contributed by atoms with E-state index in [2.05, 4.69) is 10.3 Å². The number of ether oxygens (including phenoxy) is 1. The Kier molecular flexibility index (Phi) is 5.76. The number of aromatic nitrogens is 2. The van der Waals surface area contributed by atoms with Gasteiger partial charge >= 0.3 is 5.97 Å². The van der Waals surface area contributed by atoms with Crippen LogP contribution in [-0.2, 0) is 9.53 Å². The van der Waals surface area contributed by atoms with E-state index in [1.165, 1.54) is 19.2 Å². The Morgan fingerprint density at radius 3 is 2.83 bits per heavy atom. The van der Waals surface area contributed by atoms with Crippen LogP contribution in [0.2, 0.25) is 0 Å². The molecule has 2 atom stereocenters. The Balaban J connectivity index is 1.76. The average molecular weight is 425 g/mol. The van der Waals surface area contributed by atoms with Gasteiger partial charge in [0.05, 0.1) is 31.3 Å². The summed E-state index contributed by atoms with van der Waals surface area (Å²) in [5, 5.41) is 3.88. The Hall–Kier alpha value is -3.26. The highest BCUT2D eigenvalue weighted by molar-refractivity contribution is 7.80. The van der Waals surface area contributed by atoms with Gasteiger partial charge in [0.25, 0.3) is 0 Å². The minimum atomic E-state index is -0.309. The van der Waals surface area contributed by atoms with Crippen molar-refractivity contribution < 1.29 is 13.9 Å². The number of esters is 1. The lowest BCUT2D eigenvalue weighted by molar-refractivity contribution is -0.140. The summed E-state index contributed by atoms with van der Waals surface area (Å²) in [5.41, 5.74) is 2.45. The number of hydrogen-bond acceptors (Lipinski definition) is 4. The fourth-order valence-corrected chi connectivity index (χ4v) is 4.11. The zero-order valence-electron chi connectivity index (χ0n) is 16.4. The van der Waals surface area contributed by atoms with Crippen molar-refractivity contribution in [3.8, 4) is 5.69 Å². The summed E-state index contributed by atoms with van der Waals surface area (Å²) in [6.45, 7) is 0.390. The van der Waals surface area contributed by atoms with Crippen molar-refractivity contribution in [2.75, 3.05) is 13.7 Å². The van der Waals surface area contributed by atoms with Gasteiger partial charge in [-0.2, -0.15) is 0 Å². The second-order valence-electron chi connectivity index (χ2n) is 6.93. The molecule has 2 aromatic heterocycles. The van der Waals surface area contributed by atoms with E-state index in [0.717, 1.165) is 11.4 Å². The summed E-state index contributed by atoms with van der Waals surface area (Å²) >= 11 is 5.60. The van der Waals surface area contributed by atoms with Crippen LogP contribution in [0.25, 0.3) is 5.69 Å². The van der Waals surface area contributed by atoms with Crippen molar-refractivity contribution in [2.24, 2.45) is 0 Å². The maximum absolute atomic E-state index is 13.9. The first-order valence-electron chi connectivity index (χ1n) is 9.56. The minimum Gasteiger partial charge on any atom is -0.469 e. The van der Waals surface area contributed by atoms with Gasteiger partial charge in [0.1, 0.15) is 5.82 Å². The van der Waals surface area contributed by atoms with E-state index in [1.807, 2.05) is 52.1 Å². The molecular formula is C22H21FN4O2S. The number of rotatable bonds is 6. The number of benzene rings is 1. The number of pyridine rings is 1. The highest BCUT2D eigenvalue weighted by atomic mass is 32.1. The SMILES string of the molecule is COC(=O)CCN1C(=S)N[C@H](c2ccccn2)[C@H]1c1cccn1-c1cccc(F)c1. The lowest BCUT2D eigenvalue weighted by Gasteiger charge is -2.28. The molecule has 1 aromatic carbocycles. The van der Waals surface area contributed by atoms with Gasteiger partial charge in [0.2, 0.25) is 0 Å². The Morgan fingerprint density at radius 1 is 1.23 bits per heavy atom. The number of nitrogens with zero attached hydrogens (tertiary/aromatic N) is 3. The fraction of sp³-hybridized carbons (Fsp3) is 0.227. The van der Waals surface area contributed by atoms with Crippen molar-refractivity contribution in [2.45, 2.75) is 18.5 Å². The van der Waals surface area contributed by atoms with Gasteiger partial charge in [0.15, 0.2) is 5.11 Å². The molecule has 3 heterocycles. The largest absolute Gasteiger partial charge is 0.469 e. The third kappa shape index (κ3) is 3.91. The quantitative estimate of drug-likeness (QED) is 0.483. The van der Waals surface area contributed by atoms with Crippen LogP contribution in [0.4, 0.5) is 4.39 Å². The Bertz CT molecular complexity index is 1060. The van der Waals surface area contributed by atoms with Crippen LogP contribution in [0.3, 0.4) is 0 Å². The molecule has 8 heteroatoms. The molecule has 0 unspecified atom stereocenters. The zero-order valence-corrected chi connectivity index (χ0v) is 17.2. The first-order valence-corrected chi connectivity index (χ1v) is 9.97. The molecular weight excluding hydrogens is 403 g/mol. The molecule has 4 rings (SSSR count). The van der Waals surface area contributed by atoms with Gasteiger partial charge in [-0.3, -0.25) is 9.78 Å². The predicted octanol–water partition coefficient (Wildman–Crippen LogP) is 3.55. The van der Waals surface area contributed by atoms with E-state index in [4.69, 9.17) is 17.0 Å². The van der Waals surface area contributed by atoms with E-state index < -0.39 is 0 Å². The summed E-state index contributed by atoms with van der Waals surface area (Å²) in [5.74, 6) is -0.616. The summed E-state index contributed by atoms with van der Waals surface area (Å²) in [6.07, 6.45) is 3.82. The lowest BCUT2D eigenvalue weighted by atomic mass is 10.0. The van der Waals surface area contributed by atoms with E-state index >= 15 is 0 Å². The molecule has 0 saturated carbocycles. The number of hydrogen-bond donors (Lipinski definition) is 1. The molecule has 1 aliphatic heterocycles. The second kappa shape index (κ2) is 8.62. The van der Waals surface area contributed by atoms with E-state index in [-0.39, 0.29) is 30.3 Å². The monoisotopic (exact) mass is 424 g/mol. The highest BCUT2D eigenvalue weighted by Gasteiger charge is 2.41. The Labute approximate surface area is 179 Å². The number of carbonyl (C=O) groups is 1. The molecule has 1 saturated heterocycles. The topological polar surface area (TPSA) is 59.4 Å². The number of methoxy groups -OCH3 is 1. The molecule has 3 aromatic rings. The van der Waals surface area contributed by atoms with Gasteiger partial charge in [-0.05, 0) is 54.7 Å². The molecule has 0 spiro atoms. The molecule has 1 aliphatic rings. The zero-order chi connectivity index (χ0) is 21.1. The number of thiocarbonyl (C=S) groups is 1. The second-order valence-corrected chi connectivity index (χ2v) is 7.32. The molecule has 1 N–H and O–H groups in total. The van der Waals surface area contributed by atoms with Gasteiger partial charge < -0.3 is 19.5 Å². The molecule has 30 heavy (non-hydrogen) atoms. The van der Waals surface area contributed by atoms with Gasteiger partial charge in [-0.15, -0.1) is 0 Å². The van der Waals surface area contributed by atoms with Crippen molar-refractivity contribution in [1.29, 1.82) is 0 Å². The summed E-state index contributed by atoms with van der Waals surface area (Å²) in [7, 11) is 1.37. The first-order chi connectivity index (χ1) is 14.6. The van der Waals surface area contributed by atoms with Gasteiger partial charge in [-0.1, -0.05) is 12.1 Å². The van der Waals surface area contributed by atoms with Gasteiger partial charge in [0, 0.05) is 30.3 Å². The third-order valence-corrected chi connectivity index (χ3v) is 5.50. The van der Waals surface area contributed by atoms with E-state index in [1.54, 1.807) is 12.3 Å². The van der Waals surface area contributed by atoms with Crippen molar-refractivity contribution in [3.63, 3.8) is 0 Å². The maximum atomic E-state index is 13.9. The highest BCUT2D eigenvalue weighted by Crippen LogP contribution is 2.39. The molecule has 154 valence electrons. The normalized spacial score (nSPS) is 18.3. The summed E-state index contributed by atoms with van der Waals surface area (Å²) in [4.78, 5) is 18.3. The van der Waals surface area contributed by atoms with Crippen molar-refractivity contribution in [3.05, 3.63) is 84.2 Å². The molecule has 0 aliphatic carbocycles. The van der Waals surface area contributed by atoms with Crippen LogP contribution in [0.5, 0.6) is 0 Å². The predicted molar refractivity (Wildman–Crippen MR) is 115 cm³/mol. The smallest absolute Gasteiger partial charge is 0.307 e. The van der Waals surface area contributed by atoms with Crippen LogP contribution in [0.1, 0.15) is 29.9 Å². The van der Waals surface area contributed by atoms with Crippen LogP contribution in [0, 0.1) is 5.82 Å². The van der Waals surface area contributed by atoms with Crippen LogP contribution in [-0.4, -0.2) is 39.2 Å². The standard InChI is InChI=1S/C22H21FN4O2S/c1-29-19(28)10-13-27-21(20(25-22(27)30)17-8-2-3-11-24-17)18-9-5-12-26(18)16-7-4-6-15(23)14-16/h2-9,11-12,14,20-21H,10,13H2,1H3,(H,25,30)/t20-,21-/m1/s1. The molecule has 0 amide bonds. The number of halogens is 1. The average Bonchev–Trinajstić information content (AvgIpc) is 3.36. The van der Waals surface area contributed by atoms with Crippen LogP contribution < -0.4 is 5.32 Å². The van der Waals surface area contributed by atoms with Gasteiger partial charge in [-0.25, -0.2) is 4.39 Å². The van der Waals surface area contributed by atoms with Crippen LogP contribution in [0.15, 0.2) is 67.0 Å². The van der Waals surface area contributed by atoms with Crippen molar-refractivity contribution >= 4 is 23.3 Å². The summed E-state index contributed by atoms with van der Waals surface area (Å²) in [6, 6.07) is 15.6. The summed E-state index contributed by atoms with van der Waals surface area (Å²) < 4.78 is 20.6. The molecule has 1 fully saturated rings. The number of nitrogens with one attached hydrogen (secondary N) is 1. The molecule has 0 bridgehead atoms. The first kappa shape index (κ1) is 20.0. The van der Waals surface area contributed by atoms with Crippen molar-refractivity contribution in [1.82, 2.24) is 19.8 Å². The third-order valence-electron chi connectivity index (χ3n) is 5.15. The van der Waals surface area contributed by atoms with E-state index in [9.17, 15) is 9.18 Å². The number of carbonyl (C=O) groups excluding carboxylic acids is 1. The van der Waals surface area contributed by atoms with E-state index in [0.29, 0.717) is 17.3 Å². The fourth-order valence-electron chi connectivity index (χ4n) is 3.78. The van der Waals surface area contributed by atoms with Crippen LogP contribution >= 0.6 is 12.2 Å².